The van der Waals surface area contributed by atoms with E-state index in [1.54, 1.807) is 0 Å². The molecule has 4 aliphatic rings. The zero-order chi connectivity index (χ0) is 21.2. The van der Waals surface area contributed by atoms with Crippen molar-refractivity contribution in [2.45, 2.75) is 104 Å². The van der Waals surface area contributed by atoms with Crippen LogP contribution in [0.25, 0.3) is 0 Å². The highest BCUT2D eigenvalue weighted by atomic mass is 28.4. The van der Waals surface area contributed by atoms with Crippen molar-refractivity contribution in [2.75, 3.05) is 6.61 Å². The largest absolute Gasteiger partial charge is 0.416 e. The second-order valence-electron chi connectivity index (χ2n) is 12.6. The van der Waals surface area contributed by atoms with E-state index in [0.717, 1.165) is 32.1 Å². The summed E-state index contributed by atoms with van der Waals surface area (Å²) in [5, 5.41) is 0.154. The minimum Gasteiger partial charge on any atom is -0.416 e. The first kappa shape index (κ1) is 21.7. The van der Waals surface area contributed by atoms with Crippen molar-refractivity contribution in [3.8, 4) is 0 Å². The monoisotopic (exact) mass is 418 g/mol. The average molecular weight is 419 g/mol. The van der Waals surface area contributed by atoms with Gasteiger partial charge in [0.2, 0.25) is 0 Å². The highest BCUT2D eigenvalue weighted by Crippen LogP contribution is 2.65. The quantitative estimate of drug-likeness (QED) is 0.515. The molecule has 0 saturated heterocycles. The molecule has 29 heavy (non-hydrogen) atoms. The summed E-state index contributed by atoms with van der Waals surface area (Å²) in [6.07, 6.45) is 9.31. The van der Waals surface area contributed by atoms with Gasteiger partial charge in [-0.05, 0) is 73.4 Å². The second kappa shape index (κ2) is 7.02. The van der Waals surface area contributed by atoms with Crippen LogP contribution in [0.3, 0.4) is 0 Å². The molecule has 0 aliphatic heterocycles. The summed E-state index contributed by atoms with van der Waals surface area (Å²) in [4.78, 5) is 26.5. The smallest absolute Gasteiger partial charge is 0.192 e. The Labute approximate surface area is 178 Å². The Kier molecular flexibility index (Phi) is 5.26. The van der Waals surface area contributed by atoms with Crippen LogP contribution in [0.15, 0.2) is 0 Å². The first-order valence-corrected chi connectivity index (χ1v) is 15.0. The second-order valence-corrected chi connectivity index (χ2v) is 17.4. The van der Waals surface area contributed by atoms with Crippen molar-refractivity contribution in [2.24, 2.45) is 34.5 Å². The topological polar surface area (TPSA) is 43.4 Å². The van der Waals surface area contributed by atoms with Crippen molar-refractivity contribution in [3.63, 3.8) is 0 Å². The summed E-state index contributed by atoms with van der Waals surface area (Å²) in [5.74, 6) is 2.62. The van der Waals surface area contributed by atoms with Crippen molar-refractivity contribution < 1.29 is 14.0 Å². The fraction of sp³-hybridized carbons (Fsp3) is 0.920. The maximum absolute atomic E-state index is 13.3. The normalized spacial score (nSPS) is 43.0. The van der Waals surface area contributed by atoms with E-state index >= 15 is 0 Å². The predicted octanol–water partition coefficient (Wildman–Crippen LogP) is 6.17. The van der Waals surface area contributed by atoms with E-state index in [0.29, 0.717) is 42.3 Å². The van der Waals surface area contributed by atoms with E-state index in [-0.39, 0.29) is 21.8 Å². The molecule has 6 atom stereocenters. The van der Waals surface area contributed by atoms with Gasteiger partial charge in [0.05, 0.1) is 5.41 Å². The Balaban J connectivity index is 1.61. The summed E-state index contributed by atoms with van der Waals surface area (Å²) in [7, 11) is -1.90. The molecule has 0 heterocycles. The van der Waals surface area contributed by atoms with E-state index in [4.69, 9.17) is 4.43 Å². The molecule has 3 nitrogen and oxygen atoms in total. The first-order chi connectivity index (χ1) is 13.4. The van der Waals surface area contributed by atoms with Crippen molar-refractivity contribution >= 4 is 19.9 Å². The van der Waals surface area contributed by atoms with Crippen LogP contribution in [0.2, 0.25) is 18.1 Å². The van der Waals surface area contributed by atoms with Crippen LogP contribution >= 0.6 is 0 Å². The molecule has 0 N–H and O–H groups in total. The number of Topliss-reactive ketones (excluding diaryl/α,β-unsaturated/α-hetero) is 2. The Morgan fingerprint density at radius 3 is 2.45 bits per heavy atom. The highest BCUT2D eigenvalue weighted by molar-refractivity contribution is 6.74. The Bertz CT molecular complexity index is 693. The molecule has 0 radical (unpaired) electrons. The maximum Gasteiger partial charge on any atom is 0.192 e. The highest BCUT2D eigenvalue weighted by Gasteiger charge is 2.63. The van der Waals surface area contributed by atoms with Crippen molar-refractivity contribution in [1.82, 2.24) is 0 Å². The van der Waals surface area contributed by atoms with Crippen LogP contribution in [0.1, 0.15) is 85.5 Å². The SMILES string of the molecule is CC(C)(C)[Si](C)(C)OC[C@]12CC[C@H]3[C@@H](CC(=O)C4CCCC[C@@]43C)[C@@H]1CCC2=O. The lowest BCUT2D eigenvalue weighted by Gasteiger charge is -2.59. The van der Waals surface area contributed by atoms with Crippen molar-refractivity contribution in [1.29, 1.82) is 0 Å². The lowest BCUT2D eigenvalue weighted by atomic mass is 9.45. The summed E-state index contributed by atoms with van der Waals surface area (Å²) in [6, 6.07) is 0. The standard InChI is InChI=1S/C25H42O3Si/c1-23(2,3)29(5,6)28-16-25-14-12-18-17(19(25)10-11-22(25)27)15-21(26)20-9-7-8-13-24(18,20)4/h17-20H,7-16H2,1-6H3/t17-,18+,19+,20?,24-,25-/m1/s1. The Hall–Kier alpha value is -0.483. The van der Waals surface area contributed by atoms with Crippen LogP contribution in [-0.4, -0.2) is 26.5 Å². The van der Waals surface area contributed by atoms with Crippen LogP contribution in [0.5, 0.6) is 0 Å². The van der Waals surface area contributed by atoms with E-state index in [1.165, 1.54) is 19.3 Å². The molecule has 4 rings (SSSR count). The molecule has 1 unspecified atom stereocenters. The minimum atomic E-state index is -1.90. The van der Waals surface area contributed by atoms with Gasteiger partial charge < -0.3 is 4.43 Å². The molecular weight excluding hydrogens is 376 g/mol. The lowest BCUT2D eigenvalue weighted by molar-refractivity contribution is -0.159. The van der Waals surface area contributed by atoms with Gasteiger partial charge in [-0.1, -0.05) is 40.5 Å². The number of fused-ring (bicyclic) bond motifs is 5. The molecule has 4 heteroatoms. The van der Waals surface area contributed by atoms with Gasteiger partial charge in [0.15, 0.2) is 8.32 Å². The van der Waals surface area contributed by atoms with E-state index in [9.17, 15) is 9.59 Å². The number of carbonyl (C=O) groups excluding carboxylic acids is 2. The summed E-state index contributed by atoms with van der Waals surface area (Å²) >= 11 is 0. The third-order valence-electron chi connectivity index (χ3n) is 10.3. The van der Waals surface area contributed by atoms with Gasteiger partial charge in [-0.25, -0.2) is 0 Å². The number of hydrogen-bond donors (Lipinski definition) is 0. The van der Waals surface area contributed by atoms with Crippen LogP contribution < -0.4 is 0 Å². The number of hydrogen-bond acceptors (Lipinski definition) is 3. The molecule has 4 saturated carbocycles. The first-order valence-electron chi connectivity index (χ1n) is 12.1. The zero-order valence-electron chi connectivity index (χ0n) is 19.6. The van der Waals surface area contributed by atoms with Gasteiger partial charge in [-0.3, -0.25) is 9.59 Å². The molecule has 0 aromatic heterocycles. The molecule has 164 valence electrons. The molecule has 0 spiro atoms. The van der Waals surface area contributed by atoms with Crippen LogP contribution in [0.4, 0.5) is 0 Å². The molecule has 4 fully saturated rings. The molecule has 0 aromatic carbocycles. The van der Waals surface area contributed by atoms with E-state index in [1.807, 2.05) is 0 Å². The molecule has 0 amide bonds. The van der Waals surface area contributed by atoms with Crippen LogP contribution in [-0.2, 0) is 14.0 Å². The van der Waals surface area contributed by atoms with Crippen LogP contribution in [0, 0.1) is 34.5 Å². The predicted molar refractivity (Wildman–Crippen MR) is 119 cm³/mol. The number of carbonyl (C=O) groups is 2. The van der Waals surface area contributed by atoms with E-state index in [2.05, 4.69) is 40.8 Å². The van der Waals surface area contributed by atoms with Gasteiger partial charge in [-0.2, -0.15) is 0 Å². The summed E-state index contributed by atoms with van der Waals surface area (Å²) in [6.45, 7) is 14.4. The van der Waals surface area contributed by atoms with Gasteiger partial charge in [0.1, 0.15) is 11.6 Å². The Morgan fingerprint density at radius 2 is 1.76 bits per heavy atom. The molecule has 4 aliphatic carbocycles. The number of rotatable bonds is 3. The van der Waals surface area contributed by atoms with Gasteiger partial charge in [0, 0.05) is 25.4 Å². The molecular formula is C25H42O3Si. The van der Waals surface area contributed by atoms with Crippen molar-refractivity contribution in [3.05, 3.63) is 0 Å². The van der Waals surface area contributed by atoms with E-state index < -0.39 is 8.32 Å². The summed E-state index contributed by atoms with van der Waals surface area (Å²) in [5.41, 5.74) is -0.134. The third kappa shape index (κ3) is 3.23. The zero-order valence-corrected chi connectivity index (χ0v) is 20.6. The van der Waals surface area contributed by atoms with Gasteiger partial charge in [-0.15, -0.1) is 0 Å². The lowest BCUT2D eigenvalue weighted by Crippen LogP contribution is -2.58. The maximum atomic E-state index is 13.3. The average Bonchev–Trinajstić information content (AvgIpc) is 2.97. The fourth-order valence-corrected chi connectivity index (χ4v) is 8.52. The molecule has 0 bridgehead atoms. The minimum absolute atomic E-state index is 0.154. The Morgan fingerprint density at radius 1 is 1.03 bits per heavy atom. The van der Waals surface area contributed by atoms with Gasteiger partial charge >= 0.3 is 0 Å². The fourth-order valence-electron chi connectivity index (χ4n) is 7.47. The van der Waals surface area contributed by atoms with Gasteiger partial charge in [0.25, 0.3) is 0 Å². The number of ketones is 2. The molecule has 0 aromatic rings. The summed E-state index contributed by atoms with van der Waals surface area (Å²) < 4.78 is 6.68. The third-order valence-corrected chi connectivity index (χ3v) is 14.8.